The van der Waals surface area contributed by atoms with Gasteiger partial charge in [0.1, 0.15) is 18.9 Å². The topological polar surface area (TPSA) is 60.3 Å². The SMILES string of the molecule is O=Cc1cn(CC(=O)NCCOc2ccc(Cl)cc2)c2ccccc12. The van der Waals surface area contributed by atoms with Crippen molar-refractivity contribution in [2.24, 2.45) is 0 Å². The summed E-state index contributed by atoms with van der Waals surface area (Å²) in [7, 11) is 0. The number of amides is 1. The number of halogens is 1. The van der Waals surface area contributed by atoms with Crippen LogP contribution in [0.3, 0.4) is 0 Å². The largest absolute Gasteiger partial charge is 0.492 e. The van der Waals surface area contributed by atoms with Gasteiger partial charge in [0.2, 0.25) is 5.91 Å². The Morgan fingerprint density at radius 1 is 1.16 bits per heavy atom. The van der Waals surface area contributed by atoms with Crippen LogP contribution in [0.5, 0.6) is 5.75 Å². The molecule has 0 atom stereocenters. The fraction of sp³-hybridized carbons (Fsp3) is 0.158. The van der Waals surface area contributed by atoms with Crippen LogP contribution in [0, 0.1) is 0 Å². The van der Waals surface area contributed by atoms with Crippen molar-refractivity contribution in [3.8, 4) is 5.75 Å². The Hall–Kier alpha value is -2.79. The summed E-state index contributed by atoms with van der Waals surface area (Å²) < 4.78 is 7.30. The number of aldehydes is 1. The molecule has 0 radical (unpaired) electrons. The number of hydrogen-bond acceptors (Lipinski definition) is 3. The molecule has 1 N–H and O–H groups in total. The molecule has 6 heteroatoms. The number of carbonyl (C=O) groups excluding carboxylic acids is 2. The van der Waals surface area contributed by atoms with Gasteiger partial charge >= 0.3 is 0 Å². The van der Waals surface area contributed by atoms with Gasteiger partial charge in [0.05, 0.1) is 6.54 Å². The Kier molecular flexibility index (Phi) is 5.36. The minimum atomic E-state index is -0.141. The number of para-hydroxylation sites is 1. The molecular weight excluding hydrogens is 340 g/mol. The van der Waals surface area contributed by atoms with Crippen LogP contribution in [0.25, 0.3) is 10.9 Å². The van der Waals surface area contributed by atoms with Crippen molar-refractivity contribution < 1.29 is 14.3 Å². The first-order valence-corrected chi connectivity index (χ1v) is 8.23. The van der Waals surface area contributed by atoms with Crippen molar-refractivity contribution in [2.75, 3.05) is 13.2 Å². The lowest BCUT2D eigenvalue weighted by molar-refractivity contribution is -0.121. The van der Waals surface area contributed by atoms with Crippen LogP contribution < -0.4 is 10.1 Å². The van der Waals surface area contributed by atoms with Gasteiger partial charge in [-0.15, -0.1) is 0 Å². The van der Waals surface area contributed by atoms with E-state index < -0.39 is 0 Å². The second kappa shape index (κ2) is 7.85. The lowest BCUT2D eigenvalue weighted by Crippen LogP contribution is -2.31. The van der Waals surface area contributed by atoms with Gasteiger partial charge in [0.25, 0.3) is 0 Å². The van der Waals surface area contributed by atoms with E-state index in [0.29, 0.717) is 29.5 Å². The molecule has 0 unspecified atom stereocenters. The average Bonchev–Trinajstić information content (AvgIpc) is 2.98. The second-order valence-electron chi connectivity index (χ2n) is 5.50. The molecule has 3 aromatic rings. The van der Waals surface area contributed by atoms with Gasteiger partial charge in [0.15, 0.2) is 6.29 Å². The minimum Gasteiger partial charge on any atom is -0.492 e. The van der Waals surface area contributed by atoms with Gasteiger partial charge in [-0.3, -0.25) is 9.59 Å². The number of nitrogens with zero attached hydrogens (tertiary/aromatic N) is 1. The number of carbonyl (C=O) groups is 2. The summed E-state index contributed by atoms with van der Waals surface area (Å²) in [5.74, 6) is 0.559. The molecule has 0 saturated carbocycles. The number of nitrogens with one attached hydrogen (secondary N) is 1. The van der Waals surface area contributed by atoms with Crippen LogP contribution in [0.2, 0.25) is 5.02 Å². The van der Waals surface area contributed by atoms with Crippen LogP contribution in [0.15, 0.2) is 54.7 Å². The van der Waals surface area contributed by atoms with Gasteiger partial charge in [0, 0.05) is 27.7 Å². The summed E-state index contributed by atoms with van der Waals surface area (Å²) >= 11 is 5.81. The lowest BCUT2D eigenvalue weighted by Gasteiger charge is -2.09. The Morgan fingerprint density at radius 2 is 1.92 bits per heavy atom. The fourth-order valence-corrected chi connectivity index (χ4v) is 2.73. The van der Waals surface area contributed by atoms with E-state index in [1.54, 1.807) is 35.0 Å². The van der Waals surface area contributed by atoms with E-state index in [1.165, 1.54) is 0 Å². The monoisotopic (exact) mass is 356 g/mol. The minimum absolute atomic E-state index is 0.141. The molecule has 0 aliphatic rings. The molecular formula is C19H17ClN2O3. The van der Waals surface area contributed by atoms with Crippen LogP contribution in [0.1, 0.15) is 10.4 Å². The van der Waals surface area contributed by atoms with E-state index >= 15 is 0 Å². The Balaban J connectivity index is 1.53. The molecule has 1 aromatic heterocycles. The van der Waals surface area contributed by atoms with Crippen molar-refractivity contribution in [3.63, 3.8) is 0 Å². The second-order valence-corrected chi connectivity index (χ2v) is 5.94. The molecule has 5 nitrogen and oxygen atoms in total. The predicted molar refractivity (Wildman–Crippen MR) is 97.3 cm³/mol. The first kappa shape index (κ1) is 17.0. The number of aromatic nitrogens is 1. The van der Waals surface area contributed by atoms with Gasteiger partial charge in [-0.1, -0.05) is 29.8 Å². The maximum absolute atomic E-state index is 12.1. The summed E-state index contributed by atoms with van der Waals surface area (Å²) in [4.78, 5) is 23.3. The molecule has 0 aliphatic heterocycles. The maximum Gasteiger partial charge on any atom is 0.240 e. The summed E-state index contributed by atoms with van der Waals surface area (Å²) in [6.45, 7) is 0.899. The molecule has 1 heterocycles. The number of benzene rings is 2. The van der Waals surface area contributed by atoms with Crippen molar-refractivity contribution in [1.82, 2.24) is 9.88 Å². The van der Waals surface area contributed by atoms with Crippen LogP contribution in [-0.2, 0) is 11.3 Å². The van der Waals surface area contributed by atoms with Crippen molar-refractivity contribution in [2.45, 2.75) is 6.54 Å². The highest BCUT2D eigenvalue weighted by atomic mass is 35.5. The van der Waals surface area contributed by atoms with Crippen molar-refractivity contribution >= 4 is 34.7 Å². The molecule has 0 spiro atoms. The fourth-order valence-electron chi connectivity index (χ4n) is 2.60. The standard InChI is InChI=1S/C19H17ClN2O3/c20-15-5-7-16(8-6-15)25-10-9-21-19(24)12-22-11-14(13-23)17-3-1-2-4-18(17)22/h1-8,11,13H,9-10,12H2,(H,21,24). The number of rotatable bonds is 7. The van der Waals surface area contributed by atoms with Crippen LogP contribution in [-0.4, -0.2) is 29.9 Å². The first-order valence-electron chi connectivity index (χ1n) is 7.85. The molecule has 0 saturated heterocycles. The third-order valence-electron chi connectivity index (χ3n) is 3.77. The van der Waals surface area contributed by atoms with Gasteiger partial charge in [-0.2, -0.15) is 0 Å². The smallest absolute Gasteiger partial charge is 0.240 e. The molecule has 128 valence electrons. The van der Waals surface area contributed by atoms with Crippen LogP contribution >= 0.6 is 11.6 Å². The Labute approximate surface area is 150 Å². The average molecular weight is 357 g/mol. The Bertz CT molecular complexity index is 887. The van der Waals surface area contributed by atoms with Crippen molar-refractivity contribution in [3.05, 3.63) is 65.3 Å². The van der Waals surface area contributed by atoms with E-state index in [9.17, 15) is 9.59 Å². The van der Waals surface area contributed by atoms with Gasteiger partial charge < -0.3 is 14.6 Å². The van der Waals surface area contributed by atoms with E-state index in [0.717, 1.165) is 17.2 Å². The van der Waals surface area contributed by atoms with E-state index in [-0.39, 0.29) is 12.5 Å². The number of hydrogen-bond donors (Lipinski definition) is 1. The maximum atomic E-state index is 12.1. The number of ether oxygens (including phenoxy) is 1. The van der Waals surface area contributed by atoms with E-state index in [4.69, 9.17) is 16.3 Å². The zero-order chi connectivity index (χ0) is 17.6. The normalized spacial score (nSPS) is 10.6. The van der Waals surface area contributed by atoms with Gasteiger partial charge in [-0.05, 0) is 30.3 Å². The zero-order valence-electron chi connectivity index (χ0n) is 13.4. The summed E-state index contributed by atoms with van der Waals surface area (Å²) in [5.41, 5.74) is 1.44. The molecule has 0 fully saturated rings. The summed E-state index contributed by atoms with van der Waals surface area (Å²) in [5, 5.41) is 4.30. The molecule has 0 aliphatic carbocycles. The summed E-state index contributed by atoms with van der Waals surface area (Å²) in [6, 6.07) is 14.6. The highest BCUT2D eigenvalue weighted by Gasteiger charge is 2.10. The van der Waals surface area contributed by atoms with Gasteiger partial charge in [-0.25, -0.2) is 0 Å². The Morgan fingerprint density at radius 3 is 2.68 bits per heavy atom. The highest BCUT2D eigenvalue weighted by Crippen LogP contribution is 2.19. The zero-order valence-corrected chi connectivity index (χ0v) is 14.2. The third kappa shape index (κ3) is 4.19. The molecule has 1 amide bonds. The molecule has 25 heavy (non-hydrogen) atoms. The summed E-state index contributed by atoms with van der Waals surface area (Å²) in [6.07, 6.45) is 2.50. The van der Waals surface area contributed by atoms with Crippen molar-refractivity contribution in [1.29, 1.82) is 0 Å². The first-order chi connectivity index (χ1) is 12.2. The third-order valence-corrected chi connectivity index (χ3v) is 4.02. The molecule has 3 rings (SSSR count). The highest BCUT2D eigenvalue weighted by molar-refractivity contribution is 6.30. The molecule has 2 aromatic carbocycles. The van der Waals surface area contributed by atoms with E-state index in [1.807, 2.05) is 24.3 Å². The number of fused-ring (bicyclic) bond motifs is 1. The van der Waals surface area contributed by atoms with Crippen LogP contribution in [0.4, 0.5) is 0 Å². The predicted octanol–water partition coefficient (Wildman–Crippen LogP) is 3.30. The lowest BCUT2D eigenvalue weighted by atomic mass is 10.2. The molecule has 0 bridgehead atoms. The van der Waals surface area contributed by atoms with E-state index in [2.05, 4.69) is 5.32 Å². The quantitative estimate of drug-likeness (QED) is 0.522.